The van der Waals surface area contributed by atoms with Gasteiger partial charge in [0.15, 0.2) is 0 Å². The third kappa shape index (κ3) is 3.61. The Morgan fingerprint density at radius 3 is 2.84 bits per heavy atom. The molecule has 19 heavy (non-hydrogen) atoms. The van der Waals surface area contributed by atoms with Crippen LogP contribution in [0.3, 0.4) is 0 Å². The van der Waals surface area contributed by atoms with E-state index in [-0.39, 0.29) is 23.0 Å². The van der Waals surface area contributed by atoms with E-state index >= 15 is 0 Å². The minimum Gasteiger partial charge on any atom is -0.508 e. The Hall–Kier alpha value is -1.75. The molecular weight excluding hydrogens is 244 g/mol. The minimum absolute atomic E-state index is 0.0560. The van der Waals surface area contributed by atoms with Gasteiger partial charge in [-0.3, -0.25) is 4.79 Å². The van der Waals surface area contributed by atoms with E-state index in [1.165, 1.54) is 18.2 Å². The highest BCUT2D eigenvalue weighted by atomic mass is 16.3. The molecule has 0 aromatic heterocycles. The summed E-state index contributed by atoms with van der Waals surface area (Å²) in [6, 6.07) is 4.52. The SMILES string of the molecule is CC1CCC(CNC(=O)c2ccc(O)cc2O)CN1. The number of carbonyl (C=O) groups excluding carboxylic acids is 1. The smallest absolute Gasteiger partial charge is 0.255 e. The number of phenols is 2. The molecule has 1 amide bonds. The van der Waals surface area contributed by atoms with Crippen LogP contribution in [-0.4, -0.2) is 35.3 Å². The predicted molar refractivity (Wildman–Crippen MR) is 72.3 cm³/mol. The zero-order chi connectivity index (χ0) is 13.8. The molecule has 1 heterocycles. The first kappa shape index (κ1) is 13.7. The van der Waals surface area contributed by atoms with E-state index in [1.807, 2.05) is 0 Å². The lowest BCUT2D eigenvalue weighted by Crippen LogP contribution is -2.41. The number of hydrogen-bond acceptors (Lipinski definition) is 4. The first-order valence-electron chi connectivity index (χ1n) is 6.60. The number of piperidine rings is 1. The highest BCUT2D eigenvalue weighted by Crippen LogP contribution is 2.22. The lowest BCUT2D eigenvalue weighted by atomic mass is 9.95. The van der Waals surface area contributed by atoms with Gasteiger partial charge in [0.25, 0.3) is 5.91 Å². The van der Waals surface area contributed by atoms with Gasteiger partial charge in [-0.15, -0.1) is 0 Å². The number of hydrogen-bond donors (Lipinski definition) is 4. The molecule has 0 spiro atoms. The highest BCUT2D eigenvalue weighted by Gasteiger charge is 2.19. The summed E-state index contributed by atoms with van der Waals surface area (Å²) in [5.41, 5.74) is 0.190. The van der Waals surface area contributed by atoms with Gasteiger partial charge in [0.2, 0.25) is 0 Å². The summed E-state index contributed by atoms with van der Waals surface area (Å²) >= 11 is 0. The zero-order valence-corrected chi connectivity index (χ0v) is 11.0. The van der Waals surface area contributed by atoms with Crippen LogP contribution in [-0.2, 0) is 0 Å². The molecule has 1 aliphatic rings. The van der Waals surface area contributed by atoms with Crippen molar-refractivity contribution in [2.24, 2.45) is 5.92 Å². The Labute approximate surface area is 112 Å². The fraction of sp³-hybridized carbons (Fsp3) is 0.500. The second-order valence-electron chi connectivity index (χ2n) is 5.16. The Balaban J connectivity index is 1.87. The highest BCUT2D eigenvalue weighted by molar-refractivity contribution is 5.96. The van der Waals surface area contributed by atoms with Crippen LogP contribution in [0.4, 0.5) is 0 Å². The fourth-order valence-electron chi connectivity index (χ4n) is 2.28. The van der Waals surface area contributed by atoms with E-state index in [1.54, 1.807) is 0 Å². The number of benzene rings is 1. The summed E-state index contributed by atoms with van der Waals surface area (Å²) in [5.74, 6) is -0.136. The van der Waals surface area contributed by atoms with Crippen molar-refractivity contribution in [2.75, 3.05) is 13.1 Å². The van der Waals surface area contributed by atoms with Gasteiger partial charge in [-0.25, -0.2) is 0 Å². The number of phenolic OH excluding ortho intramolecular Hbond substituents is 2. The molecule has 5 nitrogen and oxygen atoms in total. The van der Waals surface area contributed by atoms with E-state index in [4.69, 9.17) is 0 Å². The van der Waals surface area contributed by atoms with E-state index in [9.17, 15) is 15.0 Å². The summed E-state index contributed by atoms with van der Waals surface area (Å²) in [7, 11) is 0. The third-order valence-corrected chi connectivity index (χ3v) is 3.54. The normalized spacial score (nSPS) is 23.0. The van der Waals surface area contributed by atoms with Crippen molar-refractivity contribution >= 4 is 5.91 Å². The standard InChI is InChI=1S/C14H20N2O3/c1-9-2-3-10(7-15-9)8-16-14(19)12-5-4-11(17)6-13(12)18/h4-6,9-10,15,17-18H,2-3,7-8H2,1H3,(H,16,19). The summed E-state index contributed by atoms with van der Waals surface area (Å²) in [5, 5.41) is 25.0. The van der Waals surface area contributed by atoms with Crippen LogP contribution in [0, 0.1) is 5.92 Å². The summed E-state index contributed by atoms with van der Waals surface area (Å²) in [6.45, 7) is 3.66. The quantitative estimate of drug-likeness (QED) is 0.661. The fourth-order valence-corrected chi connectivity index (χ4v) is 2.28. The molecule has 2 rings (SSSR count). The molecule has 2 unspecified atom stereocenters. The predicted octanol–water partition coefficient (Wildman–Crippen LogP) is 1.22. The van der Waals surface area contributed by atoms with E-state index < -0.39 is 0 Å². The molecule has 1 aliphatic heterocycles. The molecule has 0 saturated carbocycles. The van der Waals surface area contributed by atoms with E-state index in [0.717, 1.165) is 19.4 Å². The molecule has 1 aromatic rings. The van der Waals surface area contributed by atoms with Crippen molar-refractivity contribution in [3.63, 3.8) is 0 Å². The molecule has 0 bridgehead atoms. The average Bonchev–Trinajstić information content (AvgIpc) is 2.37. The molecule has 4 N–H and O–H groups in total. The lowest BCUT2D eigenvalue weighted by molar-refractivity contribution is 0.0941. The van der Waals surface area contributed by atoms with Gasteiger partial charge in [-0.2, -0.15) is 0 Å². The number of aromatic hydroxyl groups is 2. The Morgan fingerprint density at radius 1 is 1.42 bits per heavy atom. The number of amides is 1. The molecule has 2 atom stereocenters. The van der Waals surface area contributed by atoms with Crippen molar-refractivity contribution in [2.45, 2.75) is 25.8 Å². The Morgan fingerprint density at radius 2 is 2.21 bits per heavy atom. The van der Waals surface area contributed by atoms with Crippen molar-refractivity contribution in [3.8, 4) is 11.5 Å². The van der Waals surface area contributed by atoms with Crippen LogP contribution in [0.5, 0.6) is 11.5 Å². The van der Waals surface area contributed by atoms with Crippen LogP contribution in [0.25, 0.3) is 0 Å². The summed E-state index contributed by atoms with van der Waals surface area (Å²) in [6.07, 6.45) is 2.21. The topological polar surface area (TPSA) is 81.6 Å². The van der Waals surface area contributed by atoms with Crippen LogP contribution in [0.15, 0.2) is 18.2 Å². The van der Waals surface area contributed by atoms with Crippen LogP contribution in [0.1, 0.15) is 30.1 Å². The number of rotatable bonds is 3. The molecular formula is C14H20N2O3. The molecule has 1 fully saturated rings. The summed E-state index contributed by atoms with van der Waals surface area (Å²) in [4.78, 5) is 11.9. The maximum Gasteiger partial charge on any atom is 0.255 e. The van der Waals surface area contributed by atoms with Crippen molar-refractivity contribution in [1.82, 2.24) is 10.6 Å². The zero-order valence-electron chi connectivity index (χ0n) is 11.0. The molecule has 0 radical (unpaired) electrons. The number of nitrogens with one attached hydrogen (secondary N) is 2. The Kier molecular flexibility index (Phi) is 4.27. The molecule has 5 heteroatoms. The molecule has 0 aliphatic carbocycles. The Bertz CT molecular complexity index is 454. The van der Waals surface area contributed by atoms with Gasteiger partial charge in [0, 0.05) is 18.7 Å². The van der Waals surface area contributed by atoms with Gasteiger partial charge < -0.3 is 20.8 Å². The van der Waals surface area contributed by atoms with Gasteiger partial charge in [-0.05, 0) is 44.4 Å². The lowest BCUT2D eigenvalue weighted by Gasteiger charge is -2.27. The van der Waals surface area contributed by atoms with Gasteiger partial charge in [-0.1, -0.05) is 0 Å². The number of carbonyl (C=O) groups is 1. The largest absolute Gasteiger partial charge is 0.508 e. The van der Waals surface area contributed by atoms with Crippen molar-refractivity contribution < 1.29 is 15.0 Å². The second kappa shape index (κ2) is 5.93. The third-order valence-electron chi connectivity index (χ3n) is 3.54. The first-order valence-corrected chi connectivity index (χ1v) is 6.60. The van der Waals surface area contributed by atoms with Crippen molar-refractivity contribution in [3.05, 3.63) is 23.8 Å². The maximum atomic E-state index is 11.9. The van der Waals surface area contributed by atoms with Gasteiger partial charge in [0.05, 0.1) is 5.56 Å². The molecule has 1 aromatic carbocycles. The average molecular weight is 264 g/mol. The van der Waals surface area contributed by atoms with Gasteiger partial charge >= 0.3 is 0 Å². The van der Waals surface area contributed by atoms with E-state index in [0.29, 0.717) is 18.5 Å². The van der Waals surface area contributed by atoms with Crippen LogP contribution in [0.2, 0.25) is 0 Å². The molecule has 104 valence electrons. The first-order chi connectivity index (χ1) is 9.06. The van der Waals surface area contributed by atoms with E-state index in [2.05, 4.69) is 17.6 Å². The minimum atomic E-state index is -0.309. The second-order valence-corrected chi connectivity index (χ2v) is 5.16. The molecule has 1 saturated heterocycles. The van der Waals surface area contributed by atoms with Crippen LogP contribution >= 0.6 is 0 Å². The maximum absolute atomic E-state index is 11.9. The monoisotopic (exact) mass is 264 g/mol. The summed E-state index contributed by atoms with van der Waals surface area (Å²) < 4.78 is 0. The van der Waals surface area contributed by atoms with Crippen molar-refractivity contribution in [1.29, 1.82) is 0 Å². The van der Waals surface area contributed by atoms with Crippen LogP contribution < -0.4 is 10.6 Å². The van der Waals surface area contributed by atoms with Gasteiger partial charge in [0.1, 0.15) is 11.5 Å².